The van der Waals surface area contributed by atoms with Crippen LogP contribution in [0.5, 0.6) is 5.75 Å². The molecule has 0 radical (unpaired) electrons. The van der Waals surface area contributed by atoms with E-state index in [1.165, 1.54) is 10.5 Å². The van der Waals surface area contributed by atoms with Crippen LogP contribution in [0.15, 0.2) is 23.1 Å². The van der Waals surface area contributed by atoms with Crippen LogP contribution in [-0.4, -0.2) is 23.8 Å². The van der Waals surface area contributed by atoms with Crippen molar-refractivity contribution in [2.24, 2.45) is 0 Å². The molecule has 3 nitrogen and oxygen atoms in total. The van der Waals surface area contributed by atoms with Crippen LogP contribution in [0, 0.1) is 0 Å². The zero-order chi connectivity index (χ0) is 10.4. The Hall–Kier alpha value is -1.16. The number of fused-ring (bicyclic) bond motifs is 3. The monoisotopic (exact) mass is 221 g/mol. The van der Waals surface area contributed by atoms with E-state index in [9.17, 15) is 4.79 Å². The average Bonchev–Trinajstić information content (AvgIpc) is 2.26. The summed E-state index contributed by atoms with van der Waals surface area (Å²) in [5, 5.41) is 0. The zero-order valence-corrected chi connectivity index (χ0v) is 9.21. The molecular formula is C11H11NO2S. The van der Waals surface area contributed by atoms with Crippen molar-refractivity contribution in [2.75, 3.05) is 13.0 Å². The number of ether oxygens (including phenoxy) is 1. The summed E-state index contributed by atoms with van der Waals surface area (Å²) >= 11 is 1.71. The highest BCUT2D eigenvalue weighted by Crippen LogP contribution is 2.46. The third kappa shape index (κ3) is 1.24. The fourth-order valence-electron chi connectivity index (χ4n) is 2.08. The van der Waals surface area contributed by atoms with Gasteiger partial charge < -0.3 is 9.64 Å². The Labute approximate surface area is 92.4 Å². The number of methoxy groups -OCH3 is 1. The normalized spacial score (nSPS) is 22.9. The fraction of sp³-hybridized carbons (Fsp3) is 0.364. The second-order valence-corrected chi connectivity index (χ2v) is 4.75. The van der Waals surface area contributed by atoms with E-state index in [-0.39, 0.29) is 5.91 Å². The number of carbonyl (C=O) groups excluding carboxylic acids is 1. The summed E-state index contributed by atoms with van der Waals surface area (Å²) in [5.41, 5.74) is 1.27. The molecule has 1 fully saturated rings. The number of nitrogens with zero attached hydrogens (tertiary/aromatic N) is 1. The second-order valence-electron chi connectivity index (χ2n) is 3.76. The van der Waals surface area contributed by atoms with Crippen LogP contribution in [0.2, 0.25) is 0 Å². The van der Waals surface area contributed by atoms with Gasteiger partial charge in [0.05, 0.1) is 25.4 Å². The maximum absolute atomic E-state index is 11.3. The van der Waals surface area contributed by atoms with Crippen molar-refractivity contribution in [3.05, 3.63) is 23.8 Å². The highest BCUT2D eigenvalue weighted by atomic mass is 32.2. The first-order valence-corrected chi connectivity index (χ1v) is 5.88. The van der Waals surface area contributed by atoms with Crippen molar-refractivity contribution in [3.63, 3.8) is 0 Å². The van der Waals surface area contributed by atoms with Crippen LogP contribution in [0.4, 0.5) is 0 Å². The van der Waals surface area contributed by atoms with Gasteiger partial charge in [-0.25, -0.2) is 0 Å². The lowest BCUT2D eigenvalue weighted by Gasteiger charge is -2.44. The molecule has 0 N–H and O–H groups in total. The second kappa shape index (κ2) is 3.17. The summed E-state index contributed by atoms with van der Waals surface area (Å²) in [6.45, 7) is 0. The van der Waals surface area contributed by atoms with Crippen LogP contribution in [0.3, 0.4) is 0 Å². The van der Waals surface area contributed by atoms with E-state index in [0.29, 0.717) is 12.5 Å². The van der Waals surface area contributed by atoms with E-state index in [1.807, 2.05) is 11.0 Å². The van der Waals surface area contributed by atoms with Gasteiger partial charge in [-0.05, 0) is 17.7 Å². The Morgan fingerprint density at radius 2 is 2.40 bits per heavy atom. The van der Waals surface area contributed by atoms with Crippen LogP contribution in [-0.2, 0) is 4.79 Å². The van der Waals surface area contributed by atoms with Gasteiger partial charge in [0.2, 0.25) is 5.91 Å². The van der Waals surface area contributed by atoms with Crippen molar-refractivity contribution in [1.29, 1.82) is 0 Å². The average molecular weight is 221 g/mol. The predicted octanol–water partition coefficient (Wildman–Crippen LogP) is 2.03. The number of hydrogen-bond donors (Lipinski definition) is 0. The van der Waals surface area contributed by atoms with Gasteiger partial charge in [-0.15, -0.1) is 11.8 Å². The molecule has 15 heavy (non-hydrogen) atoms. The first kappa shape index (κ1) is 9.09. The van der Waals surface area contributed by atoms with Crippen molar-refractivity contribution >= 4 is 17.7 Å². The third-order valence-corrected chi connectivity index (χ3v) is 4.08. The molecule has 1 atom stereocenters. The summed E-state index contributed by atoms with van der Waals surface area (Å²) in [5.74, 6) is 1.94. The van der Waals surface area contributed by atoms with Gasteiger partial charge in [-0.2, -0.15) is 0 Å². The van der Waals surface area contributed by atoms with Crippen LogP contribution in [0.1, 0.15) is 18.0 Å². The van der Waals surface area contributed by atoms with E-state index < -0.39 is 0 Å². The molecule has 1 saturated heterocycles. The number of amides is 1. The highest BCUT2D eigenvalue weighted by Gasteiger charge is 2.40. The summed E-state index contributed by atoms with van der Waals surface area (Å²) in [6.07, 6.45) is 0.667. The molecule has 1 aromatic rings. The molecule has 2 heterocycles. The van der Waals surface area contributed by atoms with Crippen LogP contribution in [0.25, 0.3) is 0 Å². The largest absolute Gasteiger partial charge is 0.497 e. The van der Waals surface area contributed by atoms with Gasteiger partial charge in [-0.1, -0.05) is 6.07 Å². The summed E-state index contributed by atoms with van der Waals surface area (Å²) in [6, 6.07) is 6.41. The lowest BCUT2D eigenvalue weighted by Crippen LogP contribution is -2.47. The molecule has 0 saturated carbocycles. The molecule has 1 amide bonds. The first-order chi connectivity index (χ1) is 7.29. The Balaban J connectivity index is 1.99. The third-order valence-electron chi connectivity index (χ3n) is 3.00. The molecular weight excluding hydrogens is 210 g/mol. The first-order valence-electron chi connectivity index (χ1n) is 4.90. The summed E-state index contributed by atoms with van der Waals surface area (Å²) in [7, 11) is 1.67. The molecule has 4 heteroatoms. The predicted molar refractivity (Wildman–Crippen MR) is 57.9 cm³/mol. The number of thioether (sulfide) groups is 1. The molecule has 1 unspecified atom stereocenters. The van der Waals surface area contributed by atoms with E-state index in [0.717, 1.165) is 11.6 Å². The Morgan fingerprint density at radius 3 is 3.13 bits per heavy atom. The highest BCUT2D eigenvalue weighted by molar-refractivity contribution is 7.99. The quantitative estimate of drug-likeness (QED) is 0.680. The molecule has 1 aromatic carbocycles. The Kier molecular flexibility index (Phi) is 1.92. The maximum Gasteiger partial charge on any atom is 0.226 e. The molecule has 2 aliphatic heterocycles. The molecule has 0 spiro atoms. The zero-order valence-electron chi connectivity index (χ0n) is 8.40. The fourth-order valence-corrected chi connectivity index (χ4v) is 3.25. The number of benzene rings is 1. The van der Waals surface area contributed by atoms with Crippen molar-refractivity contribution in [2.45, 2.75) is 17.4 Å². The Morgan fingerprint density at radius 1 is 1.53 bits per heavy atom. The van der Waals surface area contributed by atoms with Gasteiger partial charge in [0.1, 0.15) is 5.75 Å². The van der Waals surface area contributed by atoms with Gasteiger partial charge in [-0.3, -0.25) is 4.79 Å². The Bertz CT molecular complexity index is 433. The maximum atomic E-state index is 11.3. The molecule has 3 rings (SSSR count). The number of rotatable bonds is 1. The smallest absolute Gasteiger partial charge is 0.226 e. The van der Waals surface area contributed by atoms with Crippen LogP contribution < -0.4 is 4.74 Å². The minimum absolute atomic E-state index is 0.272. The van der Waals surface area contributed by atoms with Crippen molar-refractivity contribution in [1.82, 2.24) is 4.90 Å². The molecule has 0 bridgehead atoms. The van der Waals surface area contributed by atoms with Gasteiger partial charge in [0.25, 0.3) is 0 Å². The van der Waals surface area contributed by atoms with Gasteiger partial charge >= 0.3 is 0 Å². The summed E-state index contributed by atoms with van der Waals surface area (Å²) < 4.78 is 5.19. The minimum atomic E-state index is 0.272. The number of β-lactam (4-membered cyclic amide) rings is 1. The van der Waals surface area contributed by atoms with Gasteiger partial charge in [0.15, 0.2) is 0 Å². The standard InChI is InChI=1S/C11H11NO2S/c1-14-7-2-3-8-9-5-11(13)12(9)6-15-10(8)4-7/h2-4,9H,5-6H2,1H3. The van der Waals surface area contributed by atoms with E-state index in [4.69, 9.17) is 4.74 Å². The molecule has 2 aliphatic rings. The van der Waals surface area contributed by atoms with Crippen molar-refractivity contribution < 1.29 is 9.53 Å². The number of carbonyl (C=O) groups is 1. The number of hydrogen-bond acceptors (Lipinski definition) is 3. The van der Waals surface area contributed by atoms with E-state index in [1.54, 1.807) is 18.9 Å². The van der Waals surface area contributed by atoms with E-state index in [2.05, 4.69) is 12.1 Å². The van der Waals surface area contributed by atoms with Gasteiger partial charge in [0, 0.05) is 4.90 Å². The topological polar surface area (TPSA) is 29.5 Å². The van der Waals surface area contributed by atoms with Crippen LogP contribution >= 0.6 is 11.8 Å². The molecule has 78 valence electrons. The summed E-state index contributed by atoms with van der Waals surface area (Å²) in [4.78, 5) is 14.5. The SMILES string of the molecule is COc1ccc2c(c1)SCN1C(=O)CC21. The molecule has 0 aliphatic carbocycles. The minimum Gasteiger partial charge on any atom is -0.497 e. The van der Waals surface area contributed by atoms with Crippen molar-refractivity contribution in [3.8, 4) is 5.75 Å². The lowest BCUT2D eigenvalue weighted by molar-refractivity contribution is -0.144. The van der Waals surface area contributed by atoms with E-state index >= 15 is 0 Å². The molecule has 0 aromatic heterocycles. The lowest BCUT2D eigenvalue weighted by atomic mass is 9.94.